The summed E-state index contributed by atoms with van der Waals surface area (Å²) in [4.78, 5) is 26.2. The van der Waals surface area contributed by atoms with Crippen molar-refractivity contribution in [3.63, 3.8) is 0 Å². The number of ether oxygens (including phenoxy) is 1. The van der Waals surface area contributed by atoms with Crippen LogP contribution in [0, 0.1) is 0 Å². The Morgan fingerprint density at radius 2 is 2.33 bits per heavy atom. The Morgan fingerprint density at radius 1 is 1.62 bits per heavy atom. The Labute approximate surface area is 119 Å². The third kappa shape index (κ3) is 3.27. The van der Waals surface area contributed by atoms with Crippen molar-refractivity contribution in [2.75, 3.05) is 12.3 Å². The van der Waals surface area contributed by atoms with E-state index in [1.807, 2.05) is 0 Å². The van der Waals surface area contributed by atoms with Crippen LogP contribution >= 0.6 is 0 Å². The van der Waals surface area contributed by atoms with E-state index in [0.29, 0.717) is 5.56 Å². The van der Waals surface area contributed by atoms with Crippen LogP contribution in [-0.2, 0) is 9.53 Å². The summed E-state index contributed by atoms with van der Waals surface area (Å²) < 4.78 is 6.53. The van der Waals surface area contributed by atoms with Crippen molar-refractivity contribution in [1.29, 1.82) is 0 Å². The molecule has 1 amide bonds. The molecule has 1 fully saturated rings. The molecule has 0 aliphatic carbocycles. The van der Waals surface area contributed by atoms with Gasteiger partial charge in [0, 0.05) is 24.3 Å². The van der Waals surface area contributed by atoms with E-state index in [1.54, 1.807) is 0 Å². The zero-order valence-electron chi connectivity index (χ0n) is 11.0. The lowest BCUT2D eigenvalue weighted by molar-refractivity contribution is -0.113. The molecule has 114 valence electrons. The number of nitrogens with two attached hydrogens (primary N) is 2. The van der Waals surface area contributed by atoms with Crippen LogP contribution in [0.4, 0.5) is 5.82 Å². The van der Waals surface area contributed by atoms with Gasteiger partial charge >= 0.3 is 5.69 Å². The highest BCUT2D eigenvalue weighted by Crippen LogP contribution is 2.27. The fraction of sp³-hybridized carbons (Fsp3) is 0.417. The van der Waals surface area contributed by atoms with Gasteiger partial charge < -0.3 is 26.4 Å². The van der Waals surface area contributed by atoms with Gasteiger partial charge in [0.2, 0.25) is 5.91 Å². The van der Waals surface area contributed by atoms with Crippen LogP contribution in [0.5, 0.6) is 0 Å². The summed E-state index contributed by atoms with van der Waals surface area (Å²) in [5, 5.41) is 18.7. The molecule has 3 atom stereocenters. The van der Waals surface area contributed by atoms with Gasteiger partial charge in [-0.25, -0.2) is 4.79 Å². The number of carbonyl (C=O) groups excluding carboxylic acids is 1. The number of aromatic nitrogens is 2. The number of anilines is 1. The average molecular weight is 296 g/mol. The first-order valence-electron chi connectivity index (χ1n) is 6.23. The van der Waals surface area contributed by atoms with E-state index in [-0.39, 0.29) is 18.8 Å². The van der Waals surface area contributed by atoms with Crippen molar-refractivity contribution in [3.05, 3.63) is 28.3 Å². The van der Waals surface area contributed by atoms with Crippen LogP contribution in [0.1, 0.15) is 18.2 Å². The summed E-state index contributed by atoms with van der Waals surface area (Å²) in [6, 6.07) is 0. The van der Waals surface area contributed by atoms with Gasteiger partial charge in [0.25, 0.3) is 0 Å². The van der Waals surface area contributed by atoms with Gasteiger partial charge in [-0.05, 0) is 6.08 Å². The number of aliphatic hydroxyl groups excluding tert-OH is 2. The Balaban J connectivity index is 2.34. The molecule has 0 unspecified atom stereocenters. The minimum atomic E-state index is -0.880. The highest BCUT2D eigenvalue weighted by molar-refractivity contribution is 5.90. The highest BCUT2D eigenvalue weighted by atomic mass is 16.5. The summed E-state index contributed by atoms with van der Waals surface area (Å²) in [6.07, 6.45) is 1.51. The van der Waals surface area contributed by atoms with E-state index in [2.05, 4.69) is 4.98 Å². The predicted molar refractivity (Wildman–Crippen MR) is 72.8 cm³/mol. The molecule has 0 aromatic carbocycles. The minimum Gasteiger partial charge on any atom is -0.394 e. The molecule has 9 heteroatoms. The van der Waals surface area contributed by atoms with Crippen molar-refractivity contribution in [2.24, 2.45) is 5.73 Å². The van der Waals surface area contributed by atoms with Gasteiger partial charge in [-0.3, -0.25) is 9.36 Å². The van der Waals surface area contributed by atoms with Crippen molar-refractivity contribution in [1.82, 2.24) is 9.55 Å². The van der Waals surface area contributed by atoms with E-state index in [4.69, 9.17) is 21.3 Å². The molecule has 9 nitrogen and oxygen atoms in total. The zero-order valence-corrected chi connectivity index (χ0v) is 11.0. The molecule has 0 saturated carbocycles. The summed E-state index contributed by atoms with van der Waals surface area (Å²) in [7, 11) is 0. The standard InChI is InChI=1S/C12H16N4O5/c13-9(19)2-1-6-4-16(12(20)15-11(6)14)10-3-7(18)8(5-17)21-10/h1-2,4,7-8,10,17-18H,3,5H2,(H2,13,19)(H2,14,15,20)/t7-,8+,10+/m0/s1. The second kappa shape index (κ2) is 6.04. The number of carbonyl (C=O) groups is 1. The lowest BCUT2D eigenvalue weighted by Gasteiger charge is -2.15. The molecule has 6 N–H and O–H groups in total. The monoisotopic (exact) mass is 296 g/mol. The number of aliphatic hydroxyl groups is 2. The van der Waals surface area contributed by atoms with Crippen LogP contribution < -0.4 is 17.2 Å². The van der Waals surface area contributed by atoms with Crippen LogP contribution in [0.2, 0.25) is 0 Å². The molecule has 1 aliphatic heterocycles. The van der Waals surface area contributed by atoms with Crippen LogP contribution in [0.3, 0.4) is 0 Å². The zero-order chi connectivity index (χ0) is 15.6. The Hall–Kier alpha value is -2.23. The molecule has 1 aromatic rings. The van der Waals surface area contributed by atoms with E-state index < -0.39 is 30.0 Å². The molecule has 0 radical (unpaired) electrons. The van der Waals surface area contributed by atoms with Crippen LogP contribution in [0.15, 0.2) is 17.1 Å². The summed E-state index contributed by atoms with van der Waals surface area (Å²) in [5.41, 5.74) is 10.3. The number of hydrogen-bond acceptors (Lipinski definition) is 7. The fourth-order valence-corrected chi connectivity index (χ4v) is 2.05. The number of nitrogens with zero attached hydrogens (tertiary/aromatic N) is 2. The topological polar surface area (TPSA) is 154 Å². The molecule has 21 heavy (non-hydrogen) atoms. The van der Waals surface area contributed by atoms with Gasteiger partial charge in [-0.15, -0.1) is 0 Å². The normalized spacial score (nSPS) is 25.5. The number of hydrogen-bond donors (Lipinski definition) is 4. The second-order valence-electron chi connectivity index (χ2n) is 4.62. The first-order valence-corrected chi connectivity index (χ1v) is 6.23. The van der Waals surface area contributed by atoms with Crippen molar-refractivity contribution in [2.45, 2.75) is 24.9 Å². The quantitative estimate of drug-likeness (QED) is 0.467. The van der Waals surface area contributed by atoms with Gasteiger partial charge in [0.15, 0.2) is 0 Å². The van der Waals surface area contributed by atoms with Crippen molar-refractivity contribution < 1.29 is 19.7 Å². The summed E-state index contributed by atoms with van der Waals surface area (Å²) in [6.45, 7) is -0.358. The van der Waals surface area contributed by atoms with Crippen LogP contribution in [0.25, 0.3) is 6.08 Å². The maximum atomic E-state index is 11.9. The van der Waals surface area contributed by atoms with Crippen LogP contribution in [-0.4, -0.2) is 44.5 Å². The van der Waals surface area contributed by atoms with Crippen molar-refractivity contribution >= 4 is 17.8 Å². The van der Waals surface area contributed by atoms with E-state index in [0.717, 1.165) is 10.6 Å². The predicted octanol–water partition coefficient (Wildman–Crippen LogP) is -2.04. The Kier molecular flexibility index (Phi) is 4.36. The van der Waals surface area contributed by atoms with Gasteiger partial charge in [0.1, 0.15) is 18.1 Å². The molecule has 0 bridgehead atoms. The SMILES string of the molecule is NC(=O)C=Cc1cn([C@H]2C[C@H](O)[C@@H](CO)O2)c(=O)nc1N. The molecule has 2 rings (SSSR count). The van der Waals surface area contributed by atoms with Gasteiger partial charge in [0.05, 0.1) is 12.7 Å². The number of nitrogen functional groups attached to an aromatic ring is 1. The smallest absolute Gasteiger partial charge is 0.351 e. The maximum Gasteiger partial charge on any atom is 0.351 e. The lowest BCUT2D eigenvalue weighted by Crippen LogP contribution is -2.28. The average Bonchev–Trinajstić information content (AvgIpc) is 2.78. The molecule has 1 saturated heterocycles. The summed E-state index contributed by atoms with van der Waals surface area (Å²) >= 11 is 0. The molecular formula is C12H16N4O5. The first-order chi connectivity index (χ1) is 9.92. The van der Waals surface area contributed by atoms with Gasteiger partial charge in [-0.1, -0.05) is 0 Å². The van der Waals surface area contributed by atoms with E-state index in [9.17, 15) is 14.7 Å². The third-order valence-corrected chi connectivity index (χ3v) is 3.13. The number of amides is 1. The molecule has 1 aromatic heterocycles. The highest BCUT2D eigenvalue weighted by Gasteiger charge is 2.35. The minimum absolute atomic E-state index is 0.0500. The Morgan fingerprint density at radius 3 is 2.90 bits per heavy atom. The second-order valence-corrected chi connectivity index (χ2v) is 4.62. The van der Waals surface area contributed by atoms with E-state index in [1.165, 1.54) is 12.3 Å². The number of rotatable bonds is 4. The molecule has 1 aliphatic rings. The lowest BCUT2D eigenvalue weighted by atomic mass is 10.2. The summed E-state index contributed by atoms with van der Waals surface area (Å²) in [5.74, 6) is -0.717. The van der Waals surface area contributed by atoms with E-state index >= 15 is 0 Å². The molecule has 2 heterocycles. The largest absolute Gasteiger partial charge is 0.394 e. The molecular weight excluding hydrogens is 280 g/mol. The first kappa shape index (κ1) is 15.2. The molecule has 0 spiro atoms. The number of primary amides is 1. The maximum absolute atomic E-state index is 11.9. The van der Waals surface area contributed by atoms with Crippen molar-refractivity contribution in [3.8, 4) is 0 Å². The Bertz CT molecular complexity index is 627. The third-order valence-electron chi connectivity index (χ3n) is 3.13. The fourth-order valence-electron chi connectivity index (χ4n) is 2.05. The van der Waals surface area contributed by atoms with Gasteiger partial charge in [-0.2, -0.15) is 4.98 Å².